The number of para-hydroxylation sites is 1. The quantitative estimate of drug-likeness (QED) is 0.870. The second-order valence-electron chi connectivity index (χ2n) is 7.49. The minimum Gasteiger partial charge on any atom is -0.481 e. The normalized spacial score (nSPS) is 21.8. The Kier molecular flexibility index (Phi) is 6.14. The van der Waals surface area contributed by atoms with E-state index in [0.29, 0.717) is 38.5 Å². The highest BCUT2D eigenvalue weighted by molar-refractivity contribution is 5.79. The van der Waals surface area contributed by atoms with Gasteiger partial charge in [-0.3, -0.25) is 14.5 Å². The summed E-state index contributed by atoms with van der Waals surface area (Å²) in [6.07, 6.45) is 3.36. The van der Waals surface area contributed by atoms with Crippen LogP contribution in [0, 0.1) is 5.92 Å². The summed E-state index contributed by atoms with van der Waals surface area (Å²) >= 11 is 0. The van der Waals surface area contributed by atoms with Gasteiger partial charge in [0.15, 0.2) is 0 Å². The Morgan fingerprint density at radius 2 is 1.81 bits per heavy atom. The SMILES string of the molecule is CN(CC(=O)N1CCC(C(=O)O)CC1)[C@@H]1CCCN(c2ccccc2)C1. The van der Waals surface area contributed by atoms with Crippen LogP contribution >= 0.6 is 0 Å². The van der Waals surface area contributed by atoms with Crippen LogP contribution < -0.4 is 4.90 Å². The molecule has 1 atom stereocenters. The van der Waals surface area contributed by atoms with Gasteiger partial charge < -0.3 is 14.9 Å². The van der Waals surface area contributed by atoms with Gasteiger partial charge in [0.25, 0.3) is 0 Å². The first-order valence-corrected chi connectivity index (χ1v) is 9.55. The second kappa shape index (κ2) is 8.54. The predicted molar refractivity (Wildman–Crippen MR) is 101 cm³/mol. The van der Waals surface area contributed by atoms with Gasteiger partial charge in [-0.1, -0.05) is 18.2 Å². The van der Waals surface area contributed by atoms with E-state index in [-0.39, 0.29) is 11.8 Å². The van der Waals surface area contributed by atoms with Crippen molar-refractivity contribution >= 4 is 17.6 Å². The first kappa shape index (κ1) is 18.7. The van der Waals surface area contributed by atoms with Crippen LogP contribution in [0.3, 0.4) is 0 Å². The molecule has 2 aliphatic rings. The maximum absolute atomic E-state index is 12.6. The third kappa shape index (κ3) is 4.55. The molecule has 2 aliphatic heterocycles. The number of hydrogen-bond acceptors (Lipinski definition) is 4. The lowest BCUT2D eigenvalue weighted by Gasteiger charge is -2.39. The van der Waals surface area contributed by atoms with Crippen molar-refractivity contribution in [3.05, 3.63) is 30.3 Å². The topological polar surface area (TPSA) is 64.1 Å². The van der Waals surface area contributed by atoms with Crippen molar-refractivity contribution in [1.82, 2.24) is 9.80 Å². The minimum absolute atomic E-state index is 0.119. The van der Waals surface area contributed by atoms with Gasteiger partial charge in [0.2, 0.25) is 5.91 Å². The van der Waals surface area contributed by atoms with E-state index in [2.05, 4.69) is 34.1 Å². The Morgan fingerprint density at radius 3 is 2.46 bits per heavy atom. The fourth-order valence-electron chi connectivity index (χ4n) is 4.01. The number of aliphatic carboxylic acids is 1. The molecule has 3 rings (SSSR count). The zero-order valence-corrected chi connectivity index (χ0v) is 15.5. The van der Waals surface area contributed by atoms with E-state index in [9.17, 15) is 9.59 Å². The molecule has 0 aliphatic carbocycles. The number of carbonyl (C=O) groups excluding carboxylic acids is 1. The highest BCUT2D eigenvalue weighted by Gasteiger charge is 2.29. The highest BCUT2D eigenvalue weighted by atomic mass is 16.4. The van der Waals surface area contributed by atoms with Crippen molar-refractivity contribution in [3.63, 3.8) is 0 Å². The second-order valence-corrected chi connectivity index (χ2v) is 7.49. The molecule has 0 bridgehead atoms. The largest absolute Gasteiger partial charge is 0.481 e. The summed E-state index contributed by atoms with van der Waals surface area (Å²) in [5.74, 6) is -0.917. The Bertz CT molecular complexity index is 614. The van der Waals surface area contributed by atoms with E-state index in [1.165, 1.54) is 5.69 Å². The van der Waals surface area contributed by atoms with E-state index >= 15 is 0 Å². The van der Waals surface area contributed by atoms with Crippen LogP contribution in [-0.2, 0) is 9.59 Å². The third-order valence-corrected chi connectivity index (χ3v) is 5.72. The molecule has 0 aromatic heterocycles. The number of hydrogen-bond donors (Lipinski definition) is 1. The van der Waals surface area contributed by atoms with Gasteiger partial charge in [-0.2, -0.15) is 0 Å². The minimum atomic E-state index is -0.738. The van der Waals surface area contributed by atoms with Crippen LogP contribution in [0.2, 0.25) is 0 Å². The Morgan fingerprint density at radius 1 is 1.12 bits per heavy atom. The maximum atomic E-state index is 12.6. The van der Waals surface area contributed by atoms with E-state index < -0.39 is 5.97 Å². The van der Waals surface area contributed by atoms with Gasteiger partial charge in [0.1, 0.15) is 0 Å². The Labute approximate surface area is 155 Å². The standard InChI is InChI=1S/C20H29N3O3/c1-21(15-19(24)22-12-9-16(10-13-22)20(25)26)18-8-5-11-23(14-18)17-6-3-2-4-7-17/h2-4,6-7,16,18H,5,8-15H2,1H3,(H,25,26)/t18-/m1/s1. The number of amides is 1. The van der Waals surface area contributed by atoms with E-state index in [0.717, 1.165) is 25.9 Å². The van der Waals surface area contributed by atoms with Crippen LogP contribution in [0.1, 0.15) is 25.7 Å². The molecule has 2 fully saturated rings. The molecule has 2 heterocycles. The Balaban J connectivity index is 1.50. The van der Waals surface area contributed by atoms with Gasteiger partial charge in [0, 0.05) is 37.9 Å². The number of rotatable bonds is 5. The molecule has 1 aromatic carbocycles. The van der Waals surface area contributed by atoms with Crippen molar-refractivity contribution in [1.29, 1.82) is 0 Å². The number of piperidine rings is 2. The number of nitrogens with zero attached hydrogens (tertiary/aromatic N) is 3. The lowest BCUT2D eigenvalue weighted by Crippen LogP contribution is -2.51. The zero-order chi connectivity index (χ0) is 18.5. The summed E-state index contributed by atoms with van der Waals surface area (Å²) < 4.78 is 0. The maximum Gasteiger partial charge on any atom is 0.306 e. The van der Waals surface area contributed by atoms with Crippen molar-refractivity contribution in [2.75, 3.05) is 44.7 Å². The molecule has 2 saturated heterocycles. The van der Waals surface area contributed by atoms with Gasteiger partial charge in [0.05, 0.1) is 12.5 Å². The molecule has 0 unspecified atom stereocenters. The molecule has 26 heavy (non-hydrogen) atoms. The molecule has 0 radical (unpaired) electrons. The van der Waals surface area contributed by atoms with Gasteiger partial charge in [-0.25, -0.2) is 0 Å². The first-order chi connectivity index (χ1) is 12.5. The molecule has 142 valence electrons. The fraction of sp³-hybridized carbons (Fsp3) is 0.600. The molecule has 1 N–H and O–H groups in total. The number of carboxylic acid groups (broad SMARTS) is 1. The summed E-state index contributed by atoms with van der Waals surface area (Å²) in [6, 6.07) is 10.8. The molecule has 0 saturated carbocycles. The monoisotopic (exact) mass is 359 g/mol. The van der Waals surface area contributed by atoms with E-state index in [4.69, 9.17) is 5.11 Å². The van der Waals surface area contributed by atoms with Crippen molar-refractivity contribution in [2.45, 2.75) is 31.7 Å². The molecule has 1 amide bonds. The van der Waals surface area contributed by atoms with Crippen LogP contribution in [0.25, 0.3) is 0 Å². The summed E-state index contributed by atoms with van der Waals surface area (Å²) in [4.78, 5) is 30.0. The predicted octanol–water partition coefficient (Wildman–Crippen LogP) is 1.91. The van der Waals surface area contributed by atoms with Crippen LogP contribution in [0.15, 0.2) is 30.3 Å². The highest BCUT2D eigenvalue weighted by Crippen LogP contribution is 2.22. The van der Waals surface area contributed by atoms with E-state index in [1.54, 1.807) is 0 Å². The van der Waals surface area contributed by atoms with Crippen LogP contribution in [-0.4, -0.2) is 72.6 Å². The smallest absolute Gasteiger partial charge is 0.306 e. The van der Waals surface area contributed by atoms with Gasteiger partial charge in [-0.15, -0.1) is 0 Å². The molecule has 6 heteroatoms. The summed E-state index contributed by atoms with van der Waals surface area (Å²) in [5.41, 5.74) is 1.24. The molecular formula is C20H29N3O3. The van der Waals surface area contributed by atoms with Crippen molar-refractivity contribution in [2.24, 2.45) is 5.92 Å². The average Bonchev–Trinajstić information content (AvgIpc) is 2.68. The summed E-state index contributed by atoms with van der Waals surface area (Å²) in [7, 11) is 2.03. The molecule has 6 nitrogen and oxygen atoms in total. The average molecular weight is 359 g/mol. The number of anilines is 1. The summed E-state index contributed by atoms with van der Waals surface area (Å²) in [5, 5.41) is 9.08. The number of carboxylic acids is 1. The van der Waals surface area contributed by atoms with Gasteiger partial charge >= 0.3 is 5.97 Å². The van der Waals surface area contributed by atoms with E-state index in [1.807, 2.05) is 18.0 Å². The number of likely N-dealkylation sites (tertiary alicyclic amines) is 1. The fourth-order valence-corrected chi connectivity index (χ4v) is 4.01. The third-order valence-electron chi connectivity index (χ3n) is 5.72. The molecular weight excluding hydrogens is 330 g/mol. The van der Waals surface area contributed by atoms with Crippen molar-refractivity contribution in [3.8, 4) is 0 Å². The van der Waals surface area contributed by atoms with Gasteiger partial charge in [-0.05, 0) is 44.9 Å². The zero-order valence-electron chi connectivity index (χ0n) is 15.5. The number of carbonyl (C=O) groups is 2. The first-order valence-electron chi connectivity index (χ1n) is 9.55. The summed E-state index contributed by atoms with van der Waals surface area (Å²) in [6.45, 7) is 3.53. The number of benzene rings is 1. The Hall–Kier alpha value is -2.08. The van der Waals surface area contributed by atoms with Crippen LogP contribution in [0.4, 0.5) is 5.69 Å². The van der Waals surface area contributed by atoms with Crippen LogP contribution in [0.5, 0.6) is 0 Å². The molecule has 0 spiro atoms. The number of likely N-dealkylation sites (N-methyl/N-ethyl adjacent to an activating group) is 1. The lowest BCUT2D eigenvalue weighted by molar-refractivity contribution is -0.146. The lowest BCUT2D eigenvalue weighted by atomic mass is 9.97. The molecule has 1 aromatic rings. The van der Waals surface area contributed by atoms with Crippen molar-refractivity contribution < 1.29 is 14.7 Å².